The third kappa shape index (κ3) is 6.11. The molecule has 0 aliphatic carbocycles. The second-order valence-electron chi connectivity index (χ2n) is 8.28. The summed E-state index contributed by atoms with van der Waals surface area (Å²) < 4.78 is 0. The summed E-state index contributed by atoms with van der Waals surface area (Å²) in [5.74, 6) is -0.393. The Labute approximate surface area is 222 Å². The van der Waals surface area contributed by atoms with E-state index in [1.807, 2.05) is 84.9 Å². The molecule has 0 spiro atoms. The van der Waals surface area contributed by atoms with Gasteiger partial charge in [-0.3, -0.25) is 10.1 Å². The number of halogens is 1. The largest absolute Gasteiger partial charge is 0.326 e. The van der Waals surface area contributed by atoms with Gasteiger partial charge in [0.15, 0.2) is 0 Å². The molecule has 3 N–H and O–H groups in total. The first-order valence-electron chi connectivity index (χ1n) is 11.5. The summed E-state index contributed by atoms with van der Waals surface area (Å²) in [4.78, 5) is 26.3. The van der Waals surface area contributed by atoms with Gasteiger partial charge >= 0.3 is 6.03 Å². The Bertz CT molecular complexity index is 1530. The van der Waals surface area contributed by atoms with Crippen LogP contribution in [0.4, 0.5) is 15.6 Å². The molecule has 1 aromatic heterocycles. The van der Waals surface area contributed by atoms with Gasteiger partial charge in [-0.25, -0.2) is 4.79 Å². The number of fused-ring (bicyclic) bond motifs is 1. The van der Waals surface area contributed by atoms with Gasteiger partial charge in [-0.2, -0.15) is 0 Å². The van der Waals surface area contributed by atoms with Gasteiger partial charge in [-0.05, 0) is 29.1 Å². The van der Waals surface area contributed by atoms with E-state index < -0.39 is 18.0 Å². The monoisotopic (exact) mass is 527 g/mol. The first kappa shape index (κ1) is 24.4. The van der Waals surface area contributed by atoms with Gasteiger partial charge in [0.1, 0.15) is 11.0 Å². The molecular weight excluding hydrogens is 506 g/mol. The number of rotatable bonds is 7. The van der Waals surface area contributed by atoms with Crippen LogP contribution in [0.15, 0.2) is 97.1 Å². The molecule has 0 unspecified atom stereocenters. The quantitative estimate of drug-likeness (QED) is 0.229. The van der Waals surface area contributed by atoms with Crippen LogP contribution in [0.2, 0.25) is 5.02 Å². The van der Waals surface area contributed by atoms with Gasteiger partial charge in [0, 0.05) is 22.4 Å². The predicted molar refractivity (Wildman–Crippen MR) is 149 cm³/mol. The minimum Gasteiger partial charge on any atom is -0.326 e. The van der Waals surface area contributed by atoms with E-state index in [0.29, 0.717) is 27.3 Å². The lowest BCUT2D eigenvalue weighted by molar-refractivity contribution is -0.117. The van der Waals surface area contributed by atoms with Crippen molar-refractivity contribution < 1.29 is 9.59 Å². The highest BCUT2D eigenvalue weighted by molar-refractivity contribution is 7.18. The summed E-state index contributed by atoms with van der Waals surface area (Å²) >= 11 is 7.21. The molecule has 37 heavy (non-hydrogen) atoms. The molecule has 1 heterocycles. The van der Waals surface area contributed by atoms with Crippen LogP contribution >= 0.6 is 22.9 Å². The Hall–Kier alpha value is -4.27. The fraction of sp³-hybridized carbons (Fsp3) is 0.0714. The molecule has 0 bridgehead atoms. The van der Waals surface area contributed by atoms with Crippen LogP contribution in [0.1, 0.15) is 5.56 Å². The number of hydrogen-bond donors (Lipinski definition) is 3. The molecule has 3 amide bonds. The molecule has 1 atom stereocenters. The topological polar surface area (TPSA) is 96.0 Å². The lowest BCUT2D eigenvalue weighted by Gasteiger charge is -2.19. The summed E-state index contributed by atoms with van der Waals surface area (Å²) in [6.07, 6.45) is 0.304. The second kappa shape index (κ2) is 11.2. The number of hydrogen-bond acceptors (Lipinski definition) is 5. The lowest BCUT2D eigenvalue weighted by atomic mass is 10.1. The second-order valence-corrected chi connectivity index (χ2v) is 9.69. The van der Waals surface area contributed by atoms with Crippen molar-refractivity contribution in [2.75, 3.05) is 10.6 Å². The fourth-order valence-electron chi connectivity index (χ4n) is 3.89. The van der Waals surface area contributed by atoms with Crippen molar-refractivity contribution in [2.45, 2.75) is 12.5 Å². The zero-order valence-corrected chi connectivity index (χ0v) is 21.1. The Morgan fingerprint density at radius 2 is 1.54 bits per heavy atom. The molecule has 0 saturated heterocycles. The summed E-state index contributed by atoms with van der Waals surface area (Å²) in [5, 5.41) is 20.3. The van der Waals surface area contributed by atoms with E-state index in [1.165, 1.54) is 11.3 Å². The summed E-state index contributed by atoms with van der Waals surface area (Å²) in [6, 6.07) is 28.8. The van der Waals surface area contributed by atoms with E-state index in [-0.39, 0.29) is 0 Å². The van der Waals surface area contributed by atoms with Gasteiger partial charge in [0.2, 0.25) is 11.0 Å². The molecule has 0 saturated carbocycles. The average Bonchev–Trinajstić information content (AvgIpc) is 3.38. The zero-order chi connectivity index (χ0) is 25.6. The van der Waals surface area contributed by atoms with Crippen molar-refractivity contribution in [3.05, 3.63) is 108 Å². The van der Waals surface area contributed by atoms with Crippen LogP contribution in [0.5, 0.6) is 0 Å². The Balaban J connectivity index is 1.32. The number of urea groups is 1. The molecular formula is C28H22ClN5O2S. The van der Waals surface area contributed by atoms with Crippen molar-refractivity contribution in [1.82, 2.24) is 15.5 Å². The number of carbonyl (C=O) groups excluding carboxylic acids is 2. The molecule has 9 heteroatoms. The van der Waals surface area contributed by atoms with Crippen LogP contribution in [0.25, 0.3) is 21.3 Å². The van der Waals surface area contributed by atoms with Crippen molar-refractivity contribution >= 4 is 56.5 Å². The average molecular weight is 528 g/mol. The van der Waals surface area contributed by atoms with Crippen molar-refractivity contribution in [1.29, 1.82) is 0 Å². The molecule has 0 aliphatic rings. The van der Waals surface area contributed by atoms with E-state index in [1.54, 1.807) is 12.1 Å². The number of carbonyl (C=O) groups is 2. The van der Waals surface area contributed by atoms with Crippen LogP contribution in [0.3, 0.4) is 0 Å². The Kier molecular flexibility index (Phi) is 7.39. The molecule has 4 aromatic carbocycles. The molecule has 7 nitrogen and oxygen atoms in total. The first-order chi connectivity index (χ1) is 18.0. The maximum absolute atomic E-state index is 13.3. The number of nitrogens with one attached hydrogen (secondary N) is 3. The van der Waals surface area contributed by atoms with E-state index >= 15 is 0 Å². The number of amides is 3. The van der Waals surface area contributed by atoms with Gasteiger partial charge in [0.05, 0.1) is 5.69 Å². The smallest absolute Gasteiger partial charge is 0.319 e. The van der Waals surface area contributed by atoms with Gasteiger partial charge in [-0.15, -0.1) is 10.2 Å². The molecule has 0 fully saturated rings. The van der Waals surface area contributed by atoms with Crippen molar-refractivity contribution in [3.8, 4) is 10.6 Å². The van der Waals surface area contributed by atoms with E-state index in [4.69, 9.17) is 11.6 Å². The predicted octanol–water partition coefficient (Wildman–Crippen LogP) is 6.38. The van der Waals surface area contributed by atoms with Crippen molar-refractivity contribution in [3.63, 3.8) is 0 Å². The molecule has 5 aromatic rings. The van der Waals surface area contributed by atoms with Crippen LogP contribution in [0, 0.1) is 0 Å². The van der Waals surface area contributed by atoms with Gasteiger partial charge < -0.3 is 10.6 Å². The van der Waals surface area contributed by atoms with Crippen LogP contribution in [-0.4, -0.2) is 28.2 Å². The number of nitrogens with zero attached hydrogens (tertiary/aromatic N) is 2. The third-order valence-electron chi connectivity index (χ3n) is 5.69. The molecule has 184 valence electrons. The molecule has 0 aliphatic heterocycles. The SMILES string of the molecule is O=C(Nc1cccc2ccccc12)N[C@@H](Cc1ccccc1)C(=O)Nc1nnc(-c2ccc(Cl)cc2)s1. The minimum absolute atomic E-state index is 0.304. The first-order valence-corrected chi connectivity index (χ1v) is 12.7. The molecule has 0 radical (unpaired) electrons. The number of aromatic nitrogens is 2. The molecule has 5 rings (SSSR count). The maximum Gasteiger partial charge on any atom is 0.319 e. The van der Waals surface area contributed by atoms with Crippen LogP contribution < -0.4 is 16.0 Å². The Morgan fingerprint density at radius 1 is 0.811 bits per heavy atom. The van der Waals surface area contributed by atoms with Gasteiger partial charge in [0.25, 0.3) is 0 Å². The lowest BCUT2D eigenvalue weighted by Crippen LogP contribution is -2.46. The van der Waals surface area contributed by atoms with E-state index in [9.17, 15) is 9.59 Å². The zero-order valence-electron chi connectivity index (χ0n) is 19.5. The number of anilines is 2. The van der Waals surface area contributed by atoms with Gasteiger partial charge in [-0.1, -0.05) is 102 Å². The fourth-order valence-corrected chi connectivity index (χ4v) is 4.76. The number of benzene rings is 4. The minimum atomic E-state index is -0.847. The summed E-state index contributed by atoms with van der Waals surface area (Å²) in [6.45, 7) is 0. The highest BCUT2D eigenvalue weighted by Gasteiger charge is 2.23. The van der Waals surface area contributed by atoms with Crippen molar-refractivity contribution in [2.24, 2.45) is 0 Å². The van der Waals surface area contributed by atoms with E-state index in [2.05, 4.69) is 26.1 Å². The summed E-state index contributed by atoms with van der Waals surface area (Å²) in [5.41, 5.74) is 2.41. The highest BCUT2D eigenvalue weighted by atomic mass is 35.5. The maximum atomic E-state index is 13.3. The summed E-state index contributed by atoms with van der Waals surface area (Å²) in [7, 11) is 0. The normalized spacial score (nSPS) is 11.6. The standard InChI is InChI=1S/C28H22ClN5O2S/c29-21-15-13-20(14-16-21)26-33-34-28(37-26)32-25(35)24(17-18-7-2-1-3-8-18)31-27(36)30-23-12-6-10-19-9-4-5-11-22(19)23/h1-16,24H,17H2,(H2,30,31,36)(H,32,34,35)/t24-/m0/s1. The van der Waals surface area contributed by atoms with Crippen LogP contribution in [-0.2, 0) is 11.2 Å². The third-order valence-corrected chi connectivity index (χ3v) is 6.83. The highest BCUT2D eigenvalue weighted by Crippen LogP contribution is 2.27. The van der Waals surface area contributed by atoms with E-state index in [0.717, 1.165) is 21.9 Å². The Morgan fingerprint density at radius 3 is 2.35 bits per heavy atom.